The lowest BCUT2D eigenvalue weighted by molar-refractivity contribution is -0.116. The number of anilines is 2. The van der Waals surface area contributed by atoms with Gasteiger partial charge in [-0.2, -0.15) is 0 Å². The van der Waals surface area contributed by atoms with Gasteiger partial charge in [0.05, 0.1) is 17.4 Å². The van der Waals surface area contributed by atoms with Crippen LogP contribution in [0.25, 0.3) is 0 Å². The highest BCUT2D eigenvalue weighted by Gasteiger charge is 2.16. The van der Waals surface area contributed by atoms with E-state index in [9.17, 15) is 14.0 Å². The first kappa shape index (κ1) is 21.9. The maximum absolute atomic E-state index is 13.7. The molecule has 0 aliphatic carbocycles. The van der Waals surface area contributed by atoms with Crippen LogP contribution in [0.4, 0.5) is 15.8 Å². The summed E-state index contributed by atoms with van der Waals surface area (Å²) in [5.74, 6) is -0.930. The standard InChI is InChI=1S/C23H20ClFN2O2S/c1-15(23(29)27-21-8-3-2-7-20(21)25)30-19-6-4-5-18(14-19)26-22(28)13-16-9-11-17(24)12-10-16/h2-12,14-15H,13H2,1H3,(H,26,28)(H,27,29). The molecule has 0 aliphatic rings. The summed E-state index contributed by atoms with van der Waals surface area (Å²) in [6.45, 7) is 1.74. The molecule has 7 heteroatoms. The van der Waals surface area contributed by atoms with Crippen LogP contribution in [0.1, 0.15) is 12.5 Å². The molecule has 4 nitrogen and oxygen atoms in total. The van der Waals surface area contributed by atoms with Gasteiger partial charge in [0.2, 0.25) is 11.8 Å². The smallest absolute Gasteiger partial charge is 0.237 e. The number of nitrogens with one attached hydrogen (secondary N) is 2. The SMILES string of the molecule is CC(Sc1cccc(NC(=O)Cc2ccc(Cl)cc2)c1)C(=O)Nc1ccccc1F. The topological polar surface area (TPSA) is 58.2 Å². The van der Waals surface area contributed by atoms with Gasteiger partial charge in [0.25, 0.3) is 0 Å². The van der Waals surface area contributed by atoms with Gasteiger partial charge in [-0.15, -0.1) is 11.8 Å². The Bertz CT molecular complexity index is 1040. The van der Waals surface area contributed by atoms with E-state index in [4.69, 9.17) is 11.6 Å². The van der Waals surface area contributed by atoms with E-state index in [0.29, 0.717) is 10.7 Å². The molecule has 0 saturated carbocycles. The number of rotatable bonds is 7. The normalized spacial score (nSPS) is 11.6. The summed E-state index contributed by atoms with van der Waals surface area (Å²) in [6.07, 6.45) is 0.232. The molecule has 3 rings (SSSR count). The average Bonchev–Trinajstić information content (AvgIpc) is 2.71. The molecule has 0 saturated heterocycles. The average molecular weight is 443 g/mol. The van der Waals surface area contributed by atoms with E-state index in [0.717, 1.165) is 10.5 Å². The predicted octanol–water partition coefficient (Wildman–Crippen LogP) is 5.78. The van der Waals surface area contributed by atoms with Crippen molar-refractivity contribution >= 4 is 46.6 Å². The van der Waals surface area contributed by atoms with E-state index < -0.39 is 11.1 Å². The summed E-state index contributed by atoms with van der Waals surface area (Å²) in [7, 11) is 0. The molecule has 30 heavy (non-hydrogen) atoms. The van der Waals surface area contributed by atoms with Crippen molar-refractivity contribution in [3.8, 4) is 0 Å². The van der Waals surface area contributed by atoms with Crippen molar-refractivity contribution in [1.29, 1.82) is 0 Å². The highest BCUT2D eigenvalue weighted by molar-refractivity contribution is 8.00. The van der Waals surface area contributed by atoms with E-state index in [1.807, 2.05) is 24.3 Å². The van der Waals surface area contributed by atoms with Crippen LogP contribution in [0, 0.1) is 5.82 Å². The lowest BCUT2D eigenvalue weighted by Gasteiger charge is -2.13. The second kappa shape index (κ2) is 10.3. The number of carbonyl (C=O) groups is 2. The van der Waals surface area contributed by atoms with Crippen molar-refractivity contribution in [2.24, 2.45) is 0 Å². The van der Waals surface area contributed by atoms with Gasteiger partial charge >= 0.3 is 0 Å². The summed E-state index contributed by atoms with van der Waals surface area (Å²) >= 11 is 7.19. The van der Waals surface area contributed by atoms with Gasteiger partial charge in [-0.25, -0.2) is 4.39 Å². The van der Waals surface area contributed by atoms with Crippen LogP contribution in [0.15, 0.2) is 77.7 Å². The molecule has 0 aliphatic heterocycles. The Hall–Kier alpha value is -2.83. The van der Waals surface area contributed by atoms with Crippen LogP contribution in [0.2, 0.25) is 5.02 Å². The first-order valence-corrected chi connectivity index (χ1v) is 10.5. The van der Waals surface area contributed by atoms with Crippen LogP contribution >= 0.6 is 23.4 Å². The molecule has 0 spiro atoms. The summed E-state index contributed by atoms with van der Waals surface area (Å²) in [6, 6.07) is 20.4. The number of halogens is 2. The highest BCUT2D eigenvalue weighted by atomic mass is 35.5. The van der Waals surface area contributed by atoms with Crippen LogP contribution < -0.4 is 10.6 Å². The first-order valence-electron chi connectivity index (χ1n) is 9.27. The van der Waals surface area contributed by atoms with Gasteiger partial charge in [0.1, 0.15) is 5.82 Å². The van der Waals surface area contributed by atoms with Crippen molar-refractivity contribution in [2.75, 3.05) is 10.6 Å². The third-order valence-electron chi connectivity index (χ3n) is 4.21. The van der Waals surface area contributed by atoms with Gasteiger partial charge in [-0.1, -0.05) is 41.9 Å². The zero-order chi connectivity index (χ0) is 21.5. The number of carbonyl (C=O) groups excluding carboxylic acids is 2. The molecular formula is C23H20ClFN2O2S. The van der Waals surface area contributed by atoms with E-state index in [1.165, 1.54) is 23.9 Å². The molecule has 154 valence electrons. The molecule has 0 fully saturated rings. The van der Waals surface area contributed by atoms with Crippen LogP contribution in [-0.2, 0) is 16.0 Å². The fourth-order valence-corrected chi connectivity index (χ4v) is 3.75. The molecule has 3 aromatic carbocycles. The Morgan fingerprint density at radius 3 is 2.47 bits per heavy atom. The molecular weight excluding hydrogens is 423 g/mol. The molecule has 2 N–H and O–H groups in total. The number of benzene rings is 3. The number of amides is 2. The van der Waals surface area contributed by atoms with Crippen LogP contribution in [0.5, 0.6) is 0 Å². The Morgan fingerprint density at radius 2 is 1.73 bits per heavy atom. The maximum Gasteiger partial charge on any atom is 0.237 e. The Labute approximate surface area is 183 Å². The minimum atomic E-state index is -0.478. The molecule has 0 heterocycles. The highest BCUT2D eigenvalue weighted by Crippen LogP contribution is 2.27. The van der Waals surface area contributed by atoms with Gasteiger partial charge in [0.15, 0.2) is 0 Å². The third kappa shape index (κ3) is 6.34. The van der Waals surface area contributed by atoms with Gasteiger partial charge in [0, 0.05) is 15.6 Å². The number of hydrogen-bond donors (Lipinski definition) is 2. The second-order valence-electron chi connectivity index (χ2n) is 6.61. The number of para-hydroxylation sites is 1. The van der Waals surface area contributed by atoms with Crippen molar-refractivity contribution in [3.63, 3.8) is 0 Å². The fourth-order valence-electron chi connectivity index (χ4n) is 2.69. The molecule has 0 aromatic heterocycles. The summed E-state index contributed by atoms with van der Waals surface area (Å²) in [5, 5.41) is 5.62. The minimum Gasteiger partial charge on any atom is -0.326 e. The van der Waals surface area contributed by atoms with Crippen molar-refractivity contribution in [2.45, 2.75) is 23.5 Å². The maximum atomic E-state index is 13.7. The molecule has 1 unspecified atom stereocenters. The predicted molar refractivity (Wildman–Crippen MR) is 121 cm³/mol. The number of thioether (sulfide) groups is 1. The Balaban J connectivity index is 1.57. The zero-order valence-electron chi connectivity index (χ0n) is 16.2. The van der Waals surface area contributed by atoms with E-state index in [2.05, 4.69) is 10.6 Å². The Kier molecular flexibility index (Phi) is 7.49. The van der Waals surface area contributed by atoms with Crippen LogP contribution in [-0.4, -0.2) is 17.1 Å². The molecule has 2 amide bonds. The monoisotopic (exact) mass is 442 g/mol. The van der Waals surface area contributed by atoms with Crippen molar-refractivity contribution in [1.82, 2.24) is 0 Å². The van der Waals surface area contributed by atoms with Crippen molar-refractivity contribution in [3.05, 3.63) is 89.2 Å². The zero-order valence-corrected chi connectivity index (χ0v) is 17.8. The first-order chi connectivity index (χ1) is 14.4. The second-order valence-corrected chi connectivity index (χ2v) is 8.46. The minimum absolute atomic E-state index is 0.148. The van der Waals surface area contributed by atoms with E-state index in [-0.39, 0.29) is 23.9 Å². The Morgan fingerprint density at radius 1 is 1.00 bits per heavy atom. The molecule has 1 atom stereocenters. The van der Waals surface area contributed by atoms with E-state index in [1.54, 1.807) is 43.3 Å². The number of hydrogen-bond acceptors (Lipinski definition) is 3. The summed E-state index contributed by atoms with van der Waals surface area (Å²) in [5.41, 5.74) is 1.65. The third-order valence-corrected chi connectivity index (χ3v) is 5.56. The van der Waals surface area contributed by atoms with Gasteiger partial charge < -0.3 is 10.6 Å². The molecule has 0 bridgehead atoms. The fraction of sp³-hybridized carbons (Fsp3) is 0.130. The van der Waals surface area contributed by atoms with E-state index >= 15 is 0 Å². The summed E-state index contributed by atoms with van der Waals surface area (Å²) < 4.78 is 13.7. The quantitative estimate of drug-likeness (QED) is 0.456. The molecule has 3 aromatic rings. The van der Waals surface area contributed by atoms with Gasteiger partial charge in [-0.3, -0.25) is 9.59 Å². The summed E-state index contributed by atoms with van der Waals surface area (Å²) in [4.78, 5) is 25.5. The largest absolute Gasteiger partial charge is 0.326 e. The van der Waals surface area contributed by atoms with Gasteiger partial charge in [-0.05, 0) is 55.0 Å². The lowest BCUT2D eigenvalue weighted by Crippen LogP contribution is -2.22. The lowest BCUT2D eigenvalue weighted by atomic mass is 10.1. The van der Waals surface area contributed by atoms with Crippen LogP contribution in [0.3, 0.4) is 0 Å². The molecule has 0 radical (unpaired) electrons. The van der Waals surface area contributed by atoms with Crippen molar-refractivity contribution < 1.29 is 14.0 Å².